The number of thiophene rings is 1. The minimum absolute atomic E-state index is 0.00455. The Morgan fingerprint density at radius 2 is 2.00 bits per heavy atom. The van der Waals surface area contributed by atoms with Crippen LogP contribution in [0.1, 0.15) is 43.0 Å². The van der Waals surface area contributed by atoms with Gasteiger partial charge in [0.1, 0.15) is 4.83 Å². The Morgan fingerprint density at radius 3 is 2.73 bits per heavy atom. The average Bonchev–Trinajstić information content (AvgIpc) is 3.52. The molecule has 156 valence electrons. The normalized spacial score (nSPS) is 15.9. The fraction of sp³-hybridized carbons (Fsp3) is 0.435. The third-order valence-electron chi connectivity index (χ3n) is 5.95. The number of thioether (sulfide) groups is 1. The van der Waals surface area contributed by atoms with Gasteiger partial charge in [-0.25, -0.2) is 4.98 Å². The molecule has 2 aliphatic carbocycles. The second-order valence-corrected chi connectivity index (χ2v) is 9.99. The number of para-hydroxylation sites is 1. The van der Waals surface area contributed by atoms with E-state index in [4.69, 9.17) is 4.98 Å². The van der Waals surface area contributed by atoms with Crippen LogP contribution in [0.25, 0.3) is 15.9 Å². The molecular formula is C23H25N3O2S2. The molecule has 0 atom stereocenters. The molecule has 0 unspecified atom stereocenters. The molecule has 0 aliphatic heterocycles. The summed E-state index contributed by atoms with van der Waals surface area (Å²) in [4.78, 5) is 35.4. The molecule has 5 rings (SSSR count). The van der Waals surface area contributed by atoms with Crippen molar-refractivity contribution in [1.29, 1.82) is 0 Å². The van der Waals surface area contributed by atoms with Crippen LogP contribution in [-0.2, 0) is 17.6 Å². The molecule has 0 bridgehead atoms. The smallest absolute Gasteiger partial charge is 0.267 e. The van der Waals surface area contributed by atoms with Crippen molar-refractivity contribution in [3.63, 3.8) is 0 Å². The summed E-state index contributed by atoms with van der Waals surface area (Å²) in [6.45, 7) is 2.76. The van der Waals surface area contributed by atoms with Gasteiger partial charge < -0.3 is 4.90 Å². The van der Waals surface area contributed by atoms with Gasteiger partial charge in [0.2, 0.25) is 5.91 Å². The number of fused-ring (bicyclic) bond motifs is 3. The highest BCUT2D eigenvalue weighted by molar-refractivity contribution is 7.99. The van der Waals surface area contributed by atoms with Crippen LogP contribution in [0.3, 0.4) is 0 Å². The molecule has 0 saturated heterocycles. The van der Waals surface area contributed by atoms with Crippen molar-refractivity contribution in [1.82, 2.24) is 14.5 Å². The zero-order valence-corrected chi connectivity index (χ0v) is 18.7. The Labute approximate surface area is 184 Å². The van der Waals surface area contributed by atoms with Gasteiger partial charge in [-0.05, 0) is 63.1 Å². The third-order valence-corrected chi connectivity index (χ3v) is 8.06. The molecule has 2 aromatic heterocycles. The van der Waals surface area contributed by atoms with Gasteiger partial charge in [-0.15, -0.1) is 11.3 Å². The van der Waals surface area contributed by atoms with E-state index < -0.39 is 0 Å². The number of aryl methyl sites for hydroxylation is 2. The molecule has 1 fully saturated rings. The molecule has 3 aromatic rings. The lowest BCUT2D eigenvalue weighted by Gasteiger charge is -2.20. The largest absolute Gasteiger partial charge is 0.339 e. The zero-order valence-electron chi connectivity index (χ0n) is 17.1. The van der Waals surface area contributed by atoms with Crippen LogP contribution in [0.4, 0.5) is 0 Å². The first kappa shape index (κ1) is 19.8. The molecule has 0 radical (unpaired) electrons. The lowest BCUT2D eigenvalue weighted by atomic mass is 9.97. The molecule has 2 heterocycles. The summed E-state index contributed by atoms with van der Waals surface area (Å²) in [6, 6.07) is 10.1. The monoisotopic (exact) mass is 439 g/mol. The third kappa shape index (κ3) is 3.58. The first-order valence-electron chi connectivity index (χ1n) is 10.7. The second-order valence-electron chi connectivity index (χ2n) is 7.96. The van der Waals surface area contributed by atoms with E-state index >= 15 is 0 Å². The van der Waals surface area contributed by atoms with E-state index in [9.17, 15) is 9.59 Å². The minimum atomic E-state index is -0.00455. The van der Waals surface area contributed by atoms with Crippen molar-refractivity contribution < 1.29 is 4.79 Å². The molecule has 1 saturated carbocycles. The van der Waals surface area contributed by atoms with Crippen LogP contribution >= 0.6 is 23.1 Å². The van der Waals surface area contributed by atoms with Gasteiger partial charge in [0.25, 0.3) is 5.56 Å². The Morgan fingerprint density at radius 1 is 1.23 bits per heavy atom. The zero-order chi connectivity index (χ0) is 20.7. The van der Waals surface area contributed by atoms with Gasteiger partial charge in [0.15, 0.2) is 5.16 Å². The molecule has 2 aliphatic rings. The molecule has 5 nitrogen and oxygen atoms in total. The average molecular weight is 440 g/mol. The van der Waals surface area contributed by atoms with Crippen LogP contribution in [0.15, 0.2) is 40.3 Å². The maximum atomic E-state index is 13.7. The van der Waals surface area contributed by atoms with E-state index in [2.05, 4.69) is 0 Å². The topological polar surface area (TPSA) is 55.2 Å². The number of rotatable bonds is 6. The van der Waals surface area contributed by atoms with Crippen LogP contribution in [0, 0.1) is 0 Å². The van der Waals surface area contributed by atoms with Gasteiger partial charge in [-0.1, -0.05) is 30.0 Å². The maximum Gasteiger partial charge on any atom is 0.267 e. The van der Waals surface area contributed by atoms with Crippen LogP contribution < -0.4 is 5.56 Å². The van der Waals surface area contributed by atoms with Crippen molar-refractivity contribution in [2.45, 2.75) is 56.6 Å². The molecule has 0 spiro atoms. The fourth-order valence-corrected chi connectivity index (χ4v) is 6.52. The summed E-state index contributed by atoms with van der Waals surface area (Å²) in [5, 5.41) is 1.39. The number of carbonyl (C=O) groups excluding carboxylic acids is 1. The Bertz CT molecular complexity index is 1150. The van der Waals surface area contributed by atoms with E-state index in [1.165, 1.54) is 28.6 Å². The highest BCUT2D eigenvalue weighted by atomic mass is 32.2. The van der Waals surface area contributed by atoms with E-state index in [1.54, 1.807) is 15.9 Å². The van der Waals surface area contributed by atoms with Crippen LogP contribution in [0.2, 0.25) is 0 Å². The second kappa shape index (κ2) is 8.19. The fourth-order valence-electron chi connectivity index (χ4n) is 4.32. The van der Waals surface area contributed by atoms with E-state index in [-0.39, 0.29) is 11.5 Å². The summed E-state index contributed by atoms with van der Waals surface area (Å²) in [6.07, 6.45) is 6.50. The van der Waals surface area contributed by atoms with Crippen molar-refractivity contribution >= 4 is 39.2 Å². The van der Waals surface area contributed by atoms with E-state index in [1.807, 2.05) is 42.2 Å². The molecule has 0 N–H and O–H groups in total. The van der Waals surface area contributed by atoms with Gasteiger partial charge in [-0.2, -0.15) is 0 Å². The van der Waals surface area contributed by atoms with E-state index in [0.717, 1.165) is 54.6 Å². The molecule has 1 aromatic carbocycles. The number of carbonyl (C=O) groups is 1. The Balaban J connectivity index is 1.57. The van der Waals surface area contributed by atoms with Crippen molar-refractivity contribution in [3.8, 4) is 5.69 Å². The number of amides is 1. The highest BCUT2D eigenvalue weighted by Gasteiger charge is 2.31. The van der Waals surface area contributed by atoms with Gasteiger partial charge in [0.05, 0.1) is 16.8 Å². The predicted molar refractivity (Wildman–Crippen MR) is 123 cm³/mol. The maximum absolute atomic E-state index is 13.7. The Hall–Kier alpha value is -2.12. The van der Waals surface area contributed by atoms with Crippen molar-refractivity contribution in [2.75, 3.05) is 12.3 Å². The molecule has 7 heteroatoms. The highest BCUT2D eigenvalue weighted by Crippen LogP contribution is 2.35. The minimum Gasteiger partial charge on any atom is -0.339 e. The lowest BCUT2D eigenvalue weighted by molar-refractivity contribution is -0.128. The van der Waals surface area contributed by atoms with Crippen LogP contribution in [0.5, 0.6) is 0 Å². The summed E-state index contributed by atoms with van der Waals surface area (Å²) in [5.74, 6) is 0.435. The summed E-state index contributed by atoms with van der Waals surface area (Å²) in [5.41, 5.74) is 1.99. The Kier molecular flexibility index (Phi) is 5.41. The molecule has 30 heavy (non-hydrogen) atoms. The SMILES string of the molecule is CCN(C(=O)CSc1nc2sc3c(c2c(=O)n1-c1ccccc1)CCCC3)C1CC1. The summed E-state index contributed by atoms with van der Waals surface area (Å²) in [7, 11) is 0. The van der Waals surface area contributed by atoms with Crippen molar-refractivity contribution in [3.05, 3.63) is 51.1 Å². The standard InChI is InChI=1S/C23H25N3O2S2/c1-2-25(15-12-13-15)19(27)14-29-23-24-21-20(17-10-6-7-11-18(17)30-21)22(28)26(23)16-8-4-3-5-9-16/h3-5,8-9,15H,2,6-7,10-14H2,1H3. The number of nitrogens with zero attached hydrogens (tertiary/aromatic N) is 3. The van der Waals surface area contributed by atoms with E-state index in [0.29, 0.717) is 17.0 Å². The summed E-state index contributed by atoms with van der Waals surface area (Å²) < 4.78 is 1.70. The molecular weight excluding hydrogens is 414 g/mol. The number of hydrogen-bond acceptors (Lipinski definition) is 5. The predicted octanol–water partition coefficient (Wildman–Crippen LogP) is 4.43. The van der Waals surface area contributed by atoms with Crippen LogP contribution in [-0.4, -0.2) is 38.7 Å². The summed E-state index contributed by atoms with van der Waals surface area (Å²) >= 11 is 3.04. The number of hydrogen-bond donors (Lipinski definition) is 0. The van der Waals surface area contributed by atoms with Gasteiger partial charge in [0, 0.05) is 17.5 Å². The first-order valence-corrected chi connectivity index (χ1v) is 12.5. The lowest BCUT2D eigenvalue weighted by Crippen LogP contribution is -2.34. The quantitative estimate of drug-likeness (QED) is 0.421. The molecule has 1 amide bonds. The number of benzene rings is 1. The van der Waals surface area contributed by atoms with Gasteiger partial charge in [-0.3, -0.25) is 14.2 Å². The van der Waals surface area contributed by atoms with Gasteiger partial charge >= 0.3 is 0 Å². The first-order chi connectivity index (χ1) is 14.7. The number of aromatic nitrogens is 2. The van der Waals surface area contributed by atoms with Crippen molar-refractivity contribution in [2.24, 2.45) is 0 Å².